The van der Waals surface area contributed by atoms with Crippen molar-refractivity contribution in [3.63, 3.8) is 0 Å². The topological polar surface area (TPSA) is 87.5 Å². The van der Waals surface area contributed by atoms with Crippen LogP contribution in [0.2, 0.25) is 0 Å². The summed E-state index contributed by atoms with van der Waals surface area (Å²) in [5.41, 5.74) is 5.50. The molecule has 20 heavy (non-hydrogen) atoms. The molecular weight excluding hydrogens is 280 g/mol. The first-order valence-electron chi connectivity index (χ1n) is 7.04. The lowest BCUT2D eigenvalue weighted by Crippen LogP contribution is -2.48. The fourth-order valence-electron chi connectivity index (χ4n) is 2.17. The molecule has 1 fully saturated rings. The molecular formula is C13H27ClN4O2. The van der Waals surface area contributed by atoms with E-state index in [2.05, 4.69) is 10.6 Å². The third-order valence-electron chi connectivity index (χ3n) is 3.74. The van der Waals surface area contributed by atoms with Crippen LogP contribution in [0.15, 0.2) is 0 Å². The summed E-state index contributed by atoms with van der Waals surface area (Å²) in [5, 5.41) is 5.52. The van der Waals surface area contributed by atoms with E-state index in [0.717, 1.165) is 12.8 Å². The summed E-state index contributed by atoms with van der Waals surface area (Å²) in [6.07, 6.45) is 5.65. The Hall–Kier alpha value is -1.01. The normalized spacial score (nSPS) is 16.8. The van der Waals surface area contributed by atoms with Crippen molar-refractivity contribution in [1.82, 2.24) is 15.5 Å². The third kappa shape index (κ3) is 6.43. The molecule has 0 aromatic rings. The molecule has 0 aromatic carbocycles. The highest BCUT2D eigenvalue weighted by atomic mass is 35.5. The summed E-state index contributed by atoms with van der Waals surface area (Å²) in [4.78, 5) is 25.0. The van der Waals surface area contributed by atoms with Gasteiger partial charge in [-0.1, -0.05) is 19.3 Å². The molecule has 1 aliphatic carbocycles. The number of urea groups is 1. The molecule has 7 heteroatoms. The minimum absolute atomic E-state index is 0. The maximum Gasteiger partial charge on any atom is 0.315 e. The Bertz CT molecular complexity index is 309. The second-order valence-corrected chi connectivity index (χ2v) is 5.25. The van der Waals surface area contributed by atoms with Crippen LogP contribution in [0.1, 0.15) is 39.0 Å². The first kappa shape index (κ1) is 19.0. The van der Waals surface area contributed by atoms with E-state index >= 15 is 0 Å². The molecule has 1 unspecified atom stereocenters. The lowest BCUT2D eigenvalue weighted by atomic mass is 9.96. The molecule has 1 rings (SSSR count). The molecule has 1 atom stereocenters. The first-order chi connectivity index (χ1) is 9.04. The quantitative estimate of drug-likeness (QED) is 0.703. The van der Waals surface area contributed by atoms with E-state index < -0.39 is 0 Å². The van der Waals surface area contributed by atoms with Gasteiger partial charge in [-0.15, -0.1) is 12.4 Å². The Labute approximate surface area is 127 Å². The van der Waals surface area contributed by atoms with Crippen LogP contribution in [0.5, 0.6) is 0 Å². The van der Waals surface area contributed by atoms with E-state index in [0.29, 0.717) is 6.54 Å². The van der Waals surface area contributed by atoms with E-state index in [-0.39, 0.29) is 43.0 Å². The highest BCUT2D eigenvalue weighted by Crippen LogP contribution is 2.17. The number of halogens is 1. The number of rotatable bonds is 5. The Morgan fingerprint density at radius 2 is 1.90 bits per heavy atom. The van der Waals surface area contributed by atoms with Gasteiger partial charge in [-0.3, -0.25) is 4.79 Å². The van der Waals surface area contributed by atoms with Crippen molar-refractivity contribution in [2.45, 2.75) is 51.1 Å². The number of hydrogen-bond donors (Lipinski definition) is 3. The number of carbonyl (C=O) groups excluding carboxylic acids is 2. The number of amides is 3. The van der Waals surface area contributed by atoms with Gasteiger partial charge in [-0.25, -0.2) is 4.79 Å². The zero-order valence-electron chi connectivity index (χ0n) is 12.4. The number of likely N-dealkylation sites (N-methyl/N-ethyl adjacent to an activating group) is 1. The highest BCUT2D eigenvalue weighted by molar-refractivity contribution is 5.85. The van der Waals surface area contributed by atoms with Crippen molar-refractivity contribution >= 4 is 24.3 Å². The first-order valence-corrected chi connectivity index (χ1v) is 7.04. The van der Waals surface area contributed by atoms with Crippen LogP contribution >= 0.6 is 12.4 Å². The van der Waals surface area contributed by atoms with Gasteiger partial charge in [0, 0.05) is 25.7 Å². The molecule has 0 bridgehead atoms. The molecule has 1 saturated carbocycles. The Morgan fingerprint density at radius 3 is 2.45 bits per heavy atom. The number of hydrogen-bond acceptors (Lipinski definition) is 3. The molecule has 0 spiro atoms. The predicted molar refractivity (Wildman–Crippen MR) is 81.9 cm³/mol. The zero-order chi connectivity index (χ0) is 14.3. The van der Waals surface area contributed by atoms with Crippen LogP contribution in [0.3, 0.4) is 0 Å². The van der Waals surface area contributed by atoms with Gasteiger partial charge in [0.05, 0.1) is 6.54 Å². The summed E-state index contributed by atoms with van der Waals surface area (Å²) in [5.74, 6) is -0.128. The van der Waals surface area contributed by atoms with Crippen LogP contribution in [0, 0.1) is 0 Å². The second-order valence-electron chi connectivity index (χ2n) is 5.25. The maximum absolute atomic E-state index is 11.8. The van der Waals surface area contributed by atoms with Crippen LogP contribution in [0.4, 0.5) is 4.79 Å². The van der Waals surface area contributed by atoms with Crippen molar-refractivity contribution in [1.29, 1.82) is 0 Å². The fourth-order valence-corrected chi connectivity index (χ4v) is 2.17. The monoisotopic (exact) mass is 306 g/mol. The minimum atomic E-state index is -0.256. The van der Waals surface area contributed by atoms with E-state index in [4.69, 9.17) is 5.73 Å². The largest absolute Gasteiger partial charge is 0.340 e. The lowest BCUT2D eigenvalue weighted by molar-refractivity contribution is -0.130. The van der Waals surface area contributed by atoms with Gasteiger partial charge in [-0.2, -0.15) is 0 Å². The molecule has 3 amide bonds. The van der Waals surface area contributed by atoms with E-state index in [9.17, 15) is 9.59 Å². The molecule has 0 radical (unpaired) electrons. The summed E-state index contributed by atoms with van der Waals surface area (Å²) >= 11 is 0. The smallest absolute Gasteiger partial charge is 0.315 e. The Balaban J connectivity index is 0.00000361. The van der Waals surface area contributed by atoms with Crippen molar-refractivity contribution < 1.29 is 9.59 Å². The average molecular weight is 307 g/mol. The van der Waals surface area contributed by atoms with Crippen LogP contribution in [-0.4, -0.2) is 49.1 Å². The lowest BCUT2D eigenvalue weighted by Gasteiger charge is -2.25. The van der Waals surface area contributed by atoms with Crippen molar-refractivity contribution in [2.75, 3.05) is 20.1 Å². The average Bonchev–Trinajstić information content (AvgIpc) is 2.44. The number of nitrogens with zero attached hydrogens (tertiary/aromatic N) is 1. The number of carbonyl (C=O) groups is 2. The molecule has 1 aliphatic rings. The number of nitrogens with one attached hydrogen (secondary N) is 2. The van der Waals surface area contributed by atoms with E-state index in [1.165, 1.54) is 19.3 Å². The number of nitrogens with two attached hydrogens (primary N) is 1. The molecule has 118 valence electrons. The molecule has 0 saturated heterocycles. The van der Waals surface area contributed by atoms with Crippen LogP contribution in [0.25, 0.3) is 0 Å². The minimum Gasteiger partial charge on any atom is -0.340 e. The standard InChI is InChI=1S/C13H26N4O2.ClH/c1-10(8-14)17(2)12(18)9-15-13(19)16-11-6-4-3-5-7-11;/h10-11H,3-9,14H2,1-2H3,(H2,15,16,19);1H. The predicted octanol–water partition coefficient (Wildman–Crippen LogP) is 0.846. The van der Waals surface area contributed by atoms with Gasteiger partial charge in [0.1, 0.15) is 0 Å². The summed E-state index contributed by atoms with van der Waals surface area (Å²) in [6.45, 7) is 2.30. The van der Waals surface area contributed by atoms with Gasteiger partial charge in [0.25, 0.3) is 0 Å². The van der Waals surface area contributed by atoms with Crippen molar-refractivity contribution in [3.05, 3.63) is 0 Å². The van der Waals surface area contributed by atoms with Crippen molar-refractivity contribution in [2.24, 2.45) is 5.73 Å². The van der Waals surface area contributed by atoms with Crippen LogP contribution in [-0.2, 0) is 4.79 Å². The second kappa shape index (κ2) is 9.83. The van der Waals surface area contributed by atoms with Gasteiger partial charge >= 0.3 is 6.03 Å². The molecule has 0 heterocycles. The van der Waals surface area contributed by atoms with E-state index in [1.807, 2.05) is 6.92 Å². The van der Waals surface area contributed by atoms with Gasteiger partial charge in [-0.05, 0) is 19.8 Å². The van der Waals surface area contributed by atoms with E-state index in [1.54, 1.807) is 11.9 Å². The fraction of sp³-hybridized carbons (Fsp3) is 0.846. The summed E-state index contributed by atoms with van der Waals surface area (Å²) in [6, 6.07) is -0.0192. The SMILES string of the molecule is CC(CN)N(C)C(=O)CNC(=O)NC1CCCCC1.Cl. The Morgan fingerprint density at radius 1 is 1.30 bits per heavy atom. The molecule has 0 aliphatic heterocycles. The van der Waals surface area contributed by atoms with Crippen LogP contribution < -0.4 is 16.4 Å². The van der Waals surface area contributed by atoms with Gasteiger partial charge in [0.15, 0.2) is 0 Å². The van der Waals surface area contributed by atoms with Gasteiger partial charge < -0.3 is 21.3 Å². The third-order valence-corrected chi connectivity index (χ3v) is 3.74. The van der Waals surface area contributed by atoms with Crippen molar-refractivity contribution in [3.8, 4) is 0 Å². The summed E-state index contributed by atoms with van der Waals surface area (Å²) < 4.78 is 0. The highest BCUT2D eigenvalue weighted by Gasteiger charge is 2.18. The molecule has 4 N–H and O–H groups in total. The molecule has 6 nitrogen and oxygen atoms in total. The zero-order valence-corrected chi connectivity index (χ0v) is 13.2. The summed E-state index contributed by atoms with van der Waals surface area (Å²) in [7, 11) is 1.70. The maximum atomic E-state index is 11.8. The molecule has 0 aromatic heterocycles. The van der Waals surface area contributed by atoms with Gasteiger partial charge in [0.2, 0.25) is 5.91 Å². The Kier molecular flexibility index (Phi) is 9.33.